The Morgan fingerprint density at radius 1 is 0.848 bits per heavy atom. The highest BCUT2D eigenvalue weighted by molar-refractivity contribution is 5.94. The van der Waals surface area contributed by atoms with Crippen LogP contribution in [0.4, 0.5) is 0 Å². The fourth-order valence-electron chi connectivity index (χ4n) is 4.21. The largest absolute Gasteiger partial charge is 0.504 e. The molecule has 0 atom stereocenters. The summed E-state index contributed by atoms with van der Waals surface area (Å²) in [6, 6.07) is 10.4. The summed E-state index contributed by atoms with van der Waals surface area (Å²) >= 11 is 0. The van der Waals surface area contributed by atoms with Crippen molar-refractivity contribution >= 4 is 16.9 Å². The van der Waals surface area contributed by atoms with Gasteiger partial charge in [0.1, 0.15) is 5.76 Å². The van der Waals surface area contributed by atoms with Gasteiger partial charge in [0.2, 0.25) is 5.75 Å². The summed E-state index contributed by atoms with van der Waals surface area (Å²) in [6.45, 7) is 7.52. The number of aromatic nitrogens is 3. The molecule has 14 nitrogen and oxygen atoms in total. The van der Waals surface area contributed by atoms with Gasteiger partial charge in [-0.25, -0.2) is 4.68 Å². The van der Waals surface area contributed by atoms with E-state index < -0.39 is 5.75 Å². The number of amides is 1. The van der Waals surface area contributed by atoms with E-state index in [4.69, 9.17) is 28.1 Å². The lowest BCUT2D eigenvalue weighted by Gasteiger charge is -2.09. The second-order valence-corrected chi connectivity index (χ2v) is 10.0. The fourth-order valence-corrected chi connectivity index (χ4v) is 4.21. The minimum atomic E-state index is -0.507. The molecule has 0 spiro atoms. The van der Waals surface area contributed by atoms with Crippen molar-refractivity contribution in [2.24, 2.45) is 0 Å². The summed E-state index contributed by atoms with van der Waals surface area (Å²) in [5.74, 6) is -0.983. The molecule has 2 aromatic heterocycles. The first-order chi connectivity index (χ1) is 22.5. The van der Waals surface area contributed by atoms with Crippen molar-refractivity contribution in [2.45, 2.75) is 19.9 Å². The number of nitrogens with zero attached hydrogens (tertiary/aromatic N) is 3. The van der Waals surface area contributed by atoms with E-state index >= 15 is 0 Å². The predicted octanol–water partition coefficient (Wildman–Crippen LogP) is 2.54. The zero-order chi connectivity index (χ0) is 32.6. The normalized spacial score (nSPS) is 11.3. The van der Waals surface area contributed by atoms with Crippen LogP contribution in [0.5, 0.6) is 11.5 Å². The Labute approximate surface area is 265 Å². The Hall–Kier alpha value is -4.34. The summed E-state index contributed by atoms with van der Waals surface area (Å²) in [6.07, 6.45) is 2.79. The minimum absolute atomic E-state index is 0.107. The predicted molar refractivity (Wildman–Crippen MR) is 167 cm³/mol. The smallest absolute Gasteiger partial charge is 0.251 e. The van der Waals surface area contributed by atoms with Crippen molar-refractivity contribution in [3.63, 3.8) is 0 Å². The minimum Gasteiger partial charge on any atom is -0.504 e. The van der Waals surface area contributed by atoms with E-state index in [2.05, 4.69) is 15.6 Å². The maximum atomic E-state index is 12.5. The van der Waals surface area contributed by atoms with Gasteiger partial charge in [0.15, 0.2) is 16.8 Å². The van der Waals surface area contributed by atoms with Crippen LogP contribution < -0.4 is 10.7 Å². The van der Waals surface area contributed by atoms with E-state index in [0.717, 1.165) is 12.1 Å². The molecular weight excluding hydrogens is 600 g/mol. The monoisotopic (exact) mass is 640 g/mol. The highest BCUT2D eigenvalue weighted by Crippen LogP contribution is 2.34. The van der Waals surface area contributed by atoms with Gasteiger partial charge in [-0.2, -0.15) is 0 Å². The van der Waals surface area contributed by atoms with Gasteiger partial charge in [-0.15, -0.1) is 5.10 Å². The number of carbonyl (C=O) groups excluding carboxylic acids is 1. The molecule has 4 rings (SSSR count). The number of fused-ring (bicyclic) bond motifs is 1. The average molecular weight is 641 g/mol. The maximum Gasteiger partial charge on any atom is 0.251 e. The molecule has 2 heterocycles. The lowest BCUT2D eigenvalue weighted by Crippen LogP contribution is -2.27. The number of ether oxygens (including phenoxy) is 5. The van der Waals surface area contributed by atoms with Crippen LogP contribution in [0, 0.1) is 0 Å². The van der Waals surface area contributed by atoms with Crippen LogP contribution in [0.2, 0.25) is 0 Å². The Morgan fingerprint density at radius 2 is 1.46 bits per heavy atom. The molecule has 0 aliphatic carbocycles. The number of hydrogen-bond donors (Lipinski definition) is 3. The summed E-state index contributed by atoms with van der Waals surface area (Å²) in [5.41, 5.74) is 1.44. The van der Waals surface area contributed by atoms with Gasteiger partial charge in [0.05, 0.1) is 83.7 Å². The molecule has 0 radical (unpaired) electrons. The van der Waals surface area contributed by atoms with Crippen molar-refractivity contribution in [2.75, 3.05) is 72.6 Å². The van der Waals surface area contributed by atoms with Crippen LogP contribution in [-0.2, 0) is 36.6 Å². The van der Waals surface area contributed by atoms with Gasteiger partial charge in [-0.05, 0) is 30.7 Å². The second kappa shape index (κ2) is 18.6. The third-order valence-corrected chi connectivity index (χ3v) is 6.71. The summed E-state index contributed by atoms with van der Waals surface area (Å²) in [5, 5.41) is 30.8. The SMILES string of the molecule is CCc1cn(CCOCCOCCOCCOCCOCCNC(=O)c2ccc(-c3cc(=O)c4ccc(O)c(O)c4o3)cc2)nn1. The topological polar surface area (TPSA) is 177 Å². The molecule has 0 aliphatic rings. The van der Waals surface area contributed by atoms with Crippen molar-refractivity contribution in [3.05, 3.63) is 70.1 Å². The van der Waals surface area contributed by atoms with Crippen molar-refractivity contribution in [1.82, 2.24) is 20.3 Å². The highest BCUT2D eigenvalue weighted by Gasteiger charge is 2.14. The van der Waals surface area contributed by atoms with Crippen LogP contribution in [0.15, 0.2) is 57.9 Å². The van der Waals surface area contributed by atoms with Crippen molar-refractivity contribution in [1.29, 1.82) is 0 Å². The van der Waals surface area contributed by atoms with Crippen LogP contribution in [0.25, 0.3) is 22.3 Å². The molecule has 0 saturated carbocycles. The number of hydrogen-bond acceptors (Lipinski definition) is 12. The quantitative estimate of drug-likeness (QED) is 0.0898. The number of benzene rings is 2. The summed E-state index contributed by atoms with van der Waals surface area (Å²) in [4.78, 5) is 24.9. The first-order valence-electron chi connectivity index (χ1n) is 15.1. The first-order valence-corrected chi connectivity index (χ1v) is 15.1. The molecule has 0 fully saturated rings. The molecule has 4 aromatic rings. The molecule has 0 unspecified atom stereocenters. The molecule has 3 N–H and O–H groups in total. The standard InChI is InChI=1S/C32H40N4O10/c1-2-25-22-36(35-34-25)10-12-42-14-16-44-18-20-45-19-17-43-15-13-41-11-9-33-32(40)24-5-3-23(4-6-24)29-21-28(38)26-7-8-27(37)30(39)31(26)46-29/h3-8,21-22,37,39H,2,9-20H2,1H3,(H,33,40). The molecule has 0 aliphatic heterocycles. The van der Waals surface area contributed by atoms with E-state index in [1.54, 1.807) is 28.9 Å². The molecule has 1 amide bonds. The lowest BCUT2D eigenvalue weighted by atomic mass is 10.1. The van der Waals surface area contributed by atoms with Gasteiger partial charge in [0.25, 0.3) is 5.91 Å². The molecule has 0 bridgehead atoms. The average Bonchev–Trinajstić information content (AvgIpc) is 3.54. The van der Waals surface area contributed by atoms with E-state index in [9.17, 15) is 19.8 Å². The van der Waals surface area contributed by atoms with Crippen LogP contribution in [0.3, 0.4) is 0 Å². The van der Waals surface area contributed by atoms with Gasteiger partial charge in [0, 0.05) is 29.9 Å². The first kappa shape index (κ1) is 34.5. The number of rotatable bonds is 21. The molecule has 0 saturated heterocycles. The molecule has 46 heavy (non-hydrogen) atoms. The number of phenolic OH excluding ortho intramolecular Hbond substituents is 2. The van der Waals surface area contributed by atoms with E-state index in [0.29, 0.717) is 90.3 Å². The Balaban J connectivity index is 0.972. The van der Waals surface area contributed by atoms with Gasteiger partial charge in [-0.1, -0.05) is 24.3 Å². The number of carbonyl (C=O) groups is 1. The third-order valence-electron chi connectivity index (χ3n) is 6.71. The molecule has 2 aromatic carbocycles. The van der Waals surface area contributed by atoms with Crippen LogP contribution >= 0.6 is 0 Å². The molecule has 14 heteroatoms. The fraction of sp³-hybridized carbons (Fsp3) is 0.438. The number of aromatic hydroxyl groups is 2. The van der Waals surface area contributed by atoms with E-state index in [1.165, 1.54) is 18.2 Å². The summed E-state index contributed by atoms with van der Waals surface area (Å²) in [7, 11) is 0. The van der Waals surface area contributed by atoms with Gasteiger partial charge < -0.3 is 43.6 Å². The number of aryl methyl sites for hydroxylation is 1. The zero-order valence-electron chi connectivity index (χ0n) is 25.8. The van der Waals surface area contributed by atoms with E-state index in [1.807, 2.05) is 13.1 Å². The lowest BCUT2D eigenvalue weighted by molar-refractivity contribution is -0.0113. The van der Waals surface area contributed by atoms with Crippen molar-refractivity contribution in [3.8, 4) is 22.8 Å². The van der Waals surface area contributed by atoms with Crippen LogP contribution in [-0.4, -0.2) is 104 Å². The van der Waals surface area contributed by atoms with Crippen LogP contribution in [0.1, 0.15) is 23.0 Å². The zero-order valence-corrected chi connectivity index (χ0v) is 25.8. The number of phenols is 2. The highest BCUT2D eigenvalue weighted by atomic mass is 16.6. The number of nitrogens with one attached hydrogen (secondary N) is 1. The van der Waals surface area contributed by atoms with Gasteiger partial charge >= 0.3 is 0 Å². The Kier molecular flexibility index (Phi) is 14.0. The van der Waals surface area contributed by atoms with Gasteiger partial charge in [-0.3, -0.25) is 9.59 Å². The molecule has 248 valence electrons. The third kappa shape index (κ3) is 10.6. The second-order valence-electron chi connectivity index (χ2n) is 10.0. The Morgan fingerprint density at radius 3 is 2.07 bits per heavy atom. The van der Waals surface area contributed by atoms with Crippen molar-refractivity contribution < 1.29 is 43.1 Å². The molecular formula is C32H40N4O10. The summed E-state index contributed by atoms with van der Waals surface area (Å²) < 4.78 is 34.9. The Bertz CT molecular complexity index is 1570. The maximum absolute atomic E-state index is 12.5. The van der Waals surface area contributed by atoms with E-state index in [-0.39, 0.29) is 33.8 Å².